The van der Waals surface area contributed by atoms with E-state index < -0.39 is 0 Å². The molecule has 0 aromatic heterocycles. The maximum Gasteiger partial charge on any atom is 0.123 e. The fourth-order valence-electron chi connectivity index (χ4n) is 2.77. The molecular weight excluding hydrogens is 229 g/mol. The van der Waals surface area contributed by atoms with Gasteiger partial charge >= 0.3 is 0 Å². The van der Waals surface area contributed by atoms with Gasteiger partial charge < -0.3 is 10.4 Å². The average Bonchev–Trinajstić information content (AvgIpc) is 2.85. The Morgan fingerprint density at radius 3 is 2.44 bits per heavy atom. The predicted molar refractivity (Wildman–Crippen MR) is 71.0 cm³/mol. The van der Waals surface area contributed by atoms with Crippen LogP contribution in [0.3, 0.4) is 0 Å². The Kier molecular flexibility index (Phi) is 4.36. The van der Waals surface area contributed by atoms with E-state index in [1.807, 2.05) is 6.92 Å². The van der Waals surface area contributed by atoms with Crippen molar-refractivity contribution < 1.29 is 9.50 Å². The predicted octanol–water partition coefficient (Wildman–Crippen LogP) is 2.65. The number of hydrogen-bond donors (Lipinski definition) is 2. The number of nitrogens with one attached hydrogen (secondary N) is 1. The highest BCUT2D eigenvalue weighted by Gasteiger charge is 2.28. The van der Waals surface area contributed by atoms with Crippen LogP contribution in [0.25, 0.3) is 0 Å². The molecule has 1 atom stereocenters. The quantitative estimate of drug-likeness (QED) is 0.843. The van der Waals surface area contributed by atoms with Gasteiger partial charge in [-0.3, -0.25) is 0 Å². The summed E-state index contributed by atoms with van der Waals surface area (Å²) in [6, 6.07) is 7.05. The monoisotopic (exact) mass is 251 g/mol. The lowest BCUT2D eigenvalue weighted by Crippen LogP contribution is -2.51. The first-order chi connectivity index (χ1) is 8.61. The van der Waals surface area contributed by atoms with Gasteiger partial charge in [0.15, 0.2) is 0 Å². The van der Waals surface area contributed by atoms with Crippen molar-refractivity contribution in [1.29, 1.82) is 0 Å². The van der Waals surface area contributed by atoms with Crippen LogP contribution in [0.5, 0.6) is 0 Å². The highest BCUT2D eigenvalue weighted by atomic mass is 19.1. The van der Waals surface area contributed by atoms with E-state index in [1.165, 1.54) is 37.8 Å². The SMILES string of the molecule is CC(CO)(Cc1ccc(F)cc1)NC1CCCC1. The molecule has 0 bridgehead atoms. The first kappa shape index (κ1) is 13.5. The topological polar surface area (TPSA) is 32.3 Å². The first-order valence-electron chi connectivity index (χ1n) is 6.74. The highest BCUT2D eigenvalue weighted by molar-refractivity contribution is 5.19. The molecule has 0 spiro atoms. The van der Waals surface area contributed by atoms with E-state index in [-0.39, 0.29) is 18.0 Å². The summed E-state index contributed by atoms with van der Waals surface area (Å²) in [7, 11) is 0. The maximum atomic E-state index is 12.9. The Balaban J connectivity index is 1.99. The van der Waals surface area contributed by atoms with Gasteiger partial charge in [-0.05, 0) is 43.9 Å². The molecule has 1 fully saturated rings. The zero-order chi connectivity index (χ0) is 13.0. The minimum absolute atomic E-state index is 0.0981. The van der Waals surface area contributed by atoms with E-state index in [0.717, 1.165) is 12.0 Å². The minimum Gasteiger partial charge on any atom is -0.394 e. The zero-order valence-electron chi connectivity index (χ0n) is 11.0. The van der Waals surface area contributed by atoms with Gasteiger partial charge in [-0.2, -0.15) is 0 Å². The van der Waals surface area contributed by atoms with Crippen LogP contribution in [-0.2, 0) is 6.42 Å². The van der Waals surface area contributed by atoms with Gasteiger partial charge in [0, 0.05) is 11.6 Å². The lowest BCUT2D eigenvalue weighted by atomic mass is 9.92. The molecule has 1 aliphatic rings. The van der Waals surface area contributed by atoms with Gasteiger partial charge in [0.25, 0.3) is 0 Å². The molecule has 1 aromatic rings. The van der Waals surface area contributed by atoms with Crippen molar-refractivity contribution >= 4 is 0 Å². The molecular formula is C15H22FNO. The van der Waals surface area contributed by atoms with Crippen molar-refractivity contribution in [1.82, 2.24) is 5.32 Å². The fourth-order valence-corrected chi connectivity index (χ4v) is 2.77. The summed E-state index contributed by atoms with van der Waals surface area (Å²) in [6.07, 6.45) is 5.66. The van der Waals surface area contributed by atoms with E-state index in [2.05, 4.69) is 5.32 Å². The van der Waals surface area contributed by atoms with Crippen LogP contribution >= 0.6 is 0 Å². The Bertz CT molecular complexity index is 373. The Morgan fingerprint density at radius 1 is 1.28 bits per heavy atom. The molecule has 1 aromatic carbocycles. The van der Waals surface area contributed by atoms with Gasteiger partial charge in [0.05, 0.1) is 6.61 Å². The van der Waals surface area contributed by atoms with Gasteiger partial charge in [0.2, 0.25) is 0 Å². The summed E-state index contributed by atoms with van der Waals surface area (Å²) in [4.78, 5) is 0. The van der Waals surface area contributed by atoms with E-state index in [1.54, 1.807) is 12.1 Å². The number of aliphatic hydroxyl groups is 1. The van der Waals surface area contributed by atoms with Crippen molar-refractivity contribution in [3.8, 4) is 0 Å². The molecule has 0 saturated heterocycles. The van der Waals surface area contributed by atoms with E-state index in [9.17, 15) is 9.50 Å². The number of aliphatic hydroxyl groups excluding tert-OH is 1. The van der Waals surface area contributed by atoms with Crippen LogP contribution in [0.15, 0.2) is 24.3 Å². The molecule has 0 aliphatic heterocycles. The van der Waals surface area contributed by atoms with Crippen molar-refractivity contribution in [2.24, 2.45) is 0 Å². The number of rotatable bonds is 5. The second kappa shape index (κ2) is 5.81. The van der Waals surface area contributed by atoms with Crippen LogP contribution < -0.4 is 5.32 Å². The van der Waals surface area contributed by atoms with Gasteiger partial charge in [-0.25, -0.2) is 4.39 Å². The number of benzene rings is 1. The number of hydrogen-bond acceptors (Lipinski definition) is 2. The van der Waals surface area contributed by atoms with Crippen molar-refractivity contribution in [3.05, 3.63) is 35.6 Å². The molecule has 0 heterocycles. The van der Waals surface area contributed by atoms with E-state index >= 15 is 0 Å². The third kappa shape index (κ3) is 3.53. The summed E-state index contributed by atoms with van der Waals surface area (Å²) >= 11 is 0. The Morgan fingerprint density at radius 2 is 1.89 bits per heavy atom. The Hall–Kier alpha value is -0.930. The molecule has 3 heteroatoms. The van der Waals surface area contributed by atoms with E-state index in [0.29, 0.717) is 6.04 Å². The highest BCUT2D eigenvalue weighted by Crippen LogP contribution is 2.22. The van der Waals surface area contributed by atoms with Crippen molar-refractivity contribution in [2.75, 3.05) is 6.61 Å². The molecule has 2 nitrogen and oxygen atoms in total. The summed E-state index contributed by atoms with van der Waals surface area (Å²) < 4.78 is 12.9. The maximum absolute atomic E-state index is 12.9. The second-order valence-electron chi connectivity index (χ2n) is 5.65. The summed E-state index contributed by atoms with van der Waals surface area (Å²) in [5.74, 6) is -0.215. The largest absolute Gasteiger partial charge is 0.394 e. The standard InChI is InChI=1S/C15H22FNO/c1-15(11-18,17-14-4-2-3-5-14)10-12-6-8-13(16)9-7-12/h6-9,14,17-18H,2-5,10-11H2,1H3. The lowest BCUT2D eigenvalue weighted by molar-refractivity contribution is 0.160. The van der Waals surface area contributed by atoms with Gasteiger partial charge in [-0.15, -0.1) is 0 Å². The van der Waals surface area contributed by atoms with Crippen LogP contribution in [0.1, 0.15) is 38.2 Å². The van der Waals surface area contributed by atoms with Crippen LogP contribution in [0.2, 0.25) is 0 Å². The Labute approximate surface area is 108 Å². The smallest absolute Gasteiger partial charge is 0.123 e. The van der Waals surface area contributed by atoms with Gasteiger partial charge in [-0.1, -0.05) is 25.0 Å². The summed E-state index contributed by atoms with van der Waals surface area (Å²) in [5, 5.41) is 13.2. The lowest BCUT2D eigenvalue weighted by Gasteiger charge is -2.32. The van der Waals surface area contributed by atoms with E-state index in [4.69, 9.17) is 0 Å². The molecule has 1 aliphatic carbocycles. The normalized spacial score (nSPS) is 19.9. The molecule has 2 rings (SSSR count). The third-order valence-electron chi connectivity index (χ3n) is 3.76. The molecule has 100 valence electrons. The molecule has 0 radical (unpaired) electrons. The summed E-state index contributed by atoms with van der Waals surface area (Å²) in [5.41, 5.74) is 0.741. The molecule has 1 saturated carbocycles. The van der Waals surface area contributed by atoms with Crippen LogP contribution in [0, 0.1) is 5.82 Å². The fraction of sp³-hybridized carbons (Fsp3) is 0.600. The zero-order valence-corrected chi connectivity index (χ0v) is 11.0. The minimum atomic E-state index is -0.313. The molecule has 0 amide bonds. The summed E-state index contributed by atoms with van der Waals surface area (Å²) in [6.45, 7) is 2.13. The van der Waals surface area contributed by atoms with Crippen molar-refractivity contribution in [3.63, 3.8) is 0 Å². The van der Waals surface area contributed by atoms with Crippen LogP contribution in [-0.4, -0.2) is 23.3 Å². The van der Waals surface area contributed by atoms with Crippen LogP contribution in [0.4, 0.5) is 4.39 Å². The molecule has 18 heavy (non-hydrogen) atoms. The average molecular weight is 251 g/mol. The third-order valence-corrected chi connectivity index (χ3v) is 3.76. The number of halogens is 1. The molecule has 1 unspecified atom stereocenters. The van der Waals surface area contributed by atoms with Crippen molar-refractivity contribution in [2.45, 2.75) is 50.6 Å². The van der Waals surface area contributed by atoms with Gasteiger partial charge in [0.1, 0.15) is 5.82 Å². The molecule has 2 N–H and O–H groups in total. The second-order valence-corrected chi connectivity index (χ2v) is 5.65. The first-order valence-corrected chi connectivity index (χ1v) is 6.74.